The van der Waals surface area contributed by atoms with Crippen LogP contribution in [0.4, 0.5) is 0 Å². The molecule has 142 valence electrons. The summed E-state index contributed by atoms with van der Waals surface area (Å²) in [5, 5.41) is 6.72. The monoisotopic (exact) mass is 359 g/mol. The molecule has 0 saturated carbocycles. The van der Waals surface area contributed by atoms with Gasteiger partial charge in [0.15, 0.2) is 17.5 Å². The van der Waals surface area contributed by atoms with Crippen molar-refractivity contribution in [3.8, 4) is 11.5 Å². The fourth-order valence-corrected chi connectivity index (χ4v) is 2.54. The summed E-state index contributed by atoms with van der Waals surface area (Å²) in [6, 6.07) is 6.09. The largest absolute Gasteiger partial charge is 0.490 e. The topological polar surface area (TPSA) is 72.7 Å². The zero-order chi connectivity index (χ0) is 18.8. The van der Waals surface area contributed by atoms with Gasteiger partial charge in [-0.2, -0.15) is 0 Å². The average molecular weight is 359 g/mol. The first-order valence-electron chi connectivity index (χ1n) is 9.00. The lowest BCUT2D eigenvalue weighted by Gasteiger charge is -2.20. The van der Waals surface area contributed by atoms with Crippen molar-refractivity contribution in [2.45, 2.75) is 33.4 Å². The fourth-order valence-electron chi connectivity index (χ4n) is 2.54. The highest BCUT2D eigenvalue weighted by atomic mass is 16.5. The number of hydrogen-bond donors (Lipinski definition) is 2. The van der Waals surface area contributed by atoms with Crippen molar-refractivity contribution in [3.05, 3.63) is 42.5 Å². The van der Waals surface area contributed by atoms with Gasteiger partial charge in [-0.15, -0.1) is 0 Å². The van der Waals surface area contributed by atoms with Crippen molar-refractivity contribution in [3.63, 3.8) is 0 Å². The van der Waals surface area contributed by atoms with E-state index in [2.05, 4.69) is 27.5 Å². The van der Waals surface area contributed by atoms with Gasteiger partial charge in [-0.1, -0.05) is 6.07 Å². The van der Waals surface area contributed by atoms with E-state index in [0.29, 0.717) is 13.2 Å². The molecular formula is C19H29N5O2. The van der Waals surface area contributed by atoms with Gasteiger partial charge in [0.25, 0.3) is 0 Å². The van der Waals surface area contributed by atoms with Crippen LogP contribution in [0.5, 0.6) is 11.5 Å². The maximum absolute atomic E-state index is 5.71. The number of benzene rings is 1. The SMILES string of the molecule is CCOc1ccc(C(C)NC(=NC)NCCn2ccnc2)cc1OCC. The molecule has 0 spiro atoms. The molecular weight excluding hydrogens is 330 g/mol. The number of nitrogens with zero attached hydrogens (tertiary/aromatic N) is 3. The summed E-state index contributed by atoms with van der Waals surface area (Å²) in [6.07, 6.45) is 5.52. The molecule has 0 bridgehead atoms. The lowest BCUT2D eigenvalue weighted by atomic mass is 10.1. The number of guanidine groups is 1. The van der Waals surface area contributed by atoms with Gasteiger partial charge in [0.2, 0.25) is 0 Å². The molecule has 0 saturated heterocycles. The lowest BCUT2D eigenvalue weighted by Crippen LogP contribution is -2.40. The zero-order valence-electron chi connectivity index (χ0n) is 16.0. The van der Waals surface area contributed by atoms with Crippen molar-refractivity contribution in [1.82, 2.24) is 20.2 Å². The molecule has 1 heterocycles. The number of aromatic nitrogens is 2. The van der Waals surface area contributed by atoms with Gasteiger partial charge < -0.3 is 24.7 Å². The Morgan fingerprint density at radius 1 is 1.23 bits per heavy atom. The van der Waals surface area contributed by atoms with E-state index in [4.69, 9.17) is 9.47 Å². The van der Waals surface area contributed by atoms with Gasteiger partial charge in [-0.25, -0.2) is 4.98 Å². The summed E-state index contributed by atoms with van der Waals surface area (Å²) in [4.78, 5) is 8.33. The molecule has 0 radical (unpaired) electrons. The molecule has 1 aromatic carbocycles. The fraction of sp³-hybridized carbons (Fsp3) is 0.474. The first kappa shape index (κ1) is 19.6. The van der Waals surface area contributed by atoms with Crippen molar-refractivity contribution in [2.75, 3.05) is 26.8 Å². The minimum absolute atomic E-state index is 0.0735. The summed E-state index contributed by atoms with van der Waals surface area (Å²) in [7, 11) is 1.77. The molecule has 2 aromatic rings. The number of aliphatic imine (C=N–C) groups is 1. The molecule has 0 aliphatic heterocycles. The van der Waals surface area contributed by atoms with E-state index in [9.17, 15) is 0 Å². The maximum Gasteiger partial charge on any atom is 0.191 e. The number of nitrogens with one attached hydrogen (secondary N) is 2. The first-order chi connectivity index (χ1) is 12.7. The summed E-state index contributed by atoms with van der Waals surface area (Å²) in [5.41, 5.74) is 1.11. The minimum atomic E-state index is 0.0735. The predicted octanol–water partition coefficient (Wildman–Crippen LogP) is 2.61. The van der Waals surface area contributed by atoms with Crippen LogP contribution in [0.15, 0.2) is 41.9 Å². The number of ether oxygens (including phenoxy) is 2. The Labute approximate surface area is 155 Å². The van der Waals surface area contributed by atoms with Crippen molar-refractivity contribution >= 4 is 5.96 Å². The van der Waals surface area contributed by atoms with E-state index < -0.39 is 0 Å². The third-order valence-corrected chi connectivity index (χ3v) is 3.87. The van der Waals surface area contributed by atoms with E-state index in [1.54, 1.807) is 19.6 Å². The van der Waals surface area contributed by atoms with Gasteiger partial charge in [-0.3, -0.25) is 4.99 Å². The van der Waals surface area contributed by atoms with Crippen LogP contribution in [0, 0.1) is 0 Å². The van der Waals surface area contributed by atoms with Gasteiger partial charge in [0.05, 0.1) is 25.6 Å². The second kappa shape index (κ2) is 10.3. The zero-order valence-corrected chi connectivity index (χ0v) is 16.0. The smallest absolute Gasteiger partial charge is 0.191 e. The van der Waals surface area contributed by atoms with Crippen molar-refractivity contribution < 1.29 is 9.47 Å². The quantitative estimate of drug-likeness (QED) is 0.532. The Balaban J connectivity index is 1.95. The van der Waals surface area contributed by atoms with Crippen LogP contribution < -0.4 is 20.1 Å². The molecule has 7 nitrogen and oxygen atoms in total. The maximum atomic E-state index is 5.71. The van der Waals surface area contributed by atoms with Crippen LogP contribution in [0.3, 0.4) is 0 Å². The van der Waals surface area contributed by atoms with Crippen LogP contribution >= 0.6 is 0 Å². The van der Waals surface area contributed by atoms with Gasteiger partial charge >= 0.3 is 0 Å². The van der Waals surface area contributed by atoms with Crippen LogP contribution in [-0.2, 0) is 6.54 Å². The molecule has 2 rings (SSSR count). The molecule has 0 aliphatic carbocycles. The normalized spacial score (nSPS) is 12.5. The molecule has 0 fully saturated rings. The summed E-state index contributed by atoms with van der Waals surface area (Å²) < 4.78 is 13.4. The minimum Gasteiger partial charge on any atom is -0.490 e. The molecule has 0 amide bonds. The Hall–Kier alpha value is -2.70. The molecule has 7 heteroatoms. The summed E-state index contributed by atoms with van der Waals surface area (Å²) >= 11 is 0. The van der Waals surface area contributed by atoms with E-state index in [0.717, 1.165) is 36.1 Å². The Morgan fingerprint density at radius 3 is 2.65 bits per heavy atom. The van der Waals surface area contributed by atoms with Gasteiger partial charge in [0, 0.05) is 32.5 Å². The molecule has 26 heavy (non-hydrogen) atoms. The first-order valence-corrected chi connectivity index (χ1v) is 9.00. The van der Waals surface area contributed by atoms with Gasteiger partial charge in [-0.05, 0) is 38.5 Å². The van der Waals surface area contributed by atoms with Crippen molar-refractivity contribution in [2.24, 2.45) is 4.99 Å². The molecule has 1 atom stereocenters. The van der Waals surface area contributed by atoms with E-state index >= 15 is 0 Å². The highest BCUT2D eigenvalue weighted by Crippen LogP contribution is 2.30. The molecule has 1 unspecified atom stereocenters. The van der Waals surface area contributed by atoms with Crippen LogP contribution in [0.25, 0.3) is 0 Å². The number of hydrogen-bond acceptors (Lipinski definition) is 4. The Morgan fingerprint density at radius 2 is 2.00 bits per heavy atom. The molecule has 2 N–H and O–H groups in total. The standard InChI is InChI=1S/C19H29N5O2/c1-5-25-17-8-7-16(13-18(17)26-6-2)15(3)23-19(20-4)22-10-12-24-11-9-21-14-24/h7-9,11,13-15H,5-6,10,12H2,1-4H3,(H2,20,22,23). The Kier molecular flexibility index (Phi) is 7.79. The van der Waals surface area contributed by atoms with E-state index in [1.807, 2.05) is 42.8 Å². The second-order valence-corrected chi connectivity index (χ2v) is 5.74. The van der Waals surface area contributed by atoms with Gasteiger partial charge in [0.1, 0.15) is 0 Å². The second-order valence-electron chi connectivity index (χ2n) is 5.74. The lowest BCUT2D eigenvalue weighted by molar-refractivity contribution is 0.287. The number of rotatable bonds is 9. The van der Waals surface area contributed by atoms with Crippen LogP contribution in [-0.4, -0.2) is 42.3 Å². The van der Waals surface area contributed by atoms with Crippen LogP contribution in [0.1, 0.15) is 32.4 Å². The summed E-state index contributed by atoms with van der Waals surface area (Å²) in [5.74, 6) is 2.29. The predicted molar refractivity (Wildman–Crippen MR) is 104 cm³/mol. The third-order valence-electron chi connectivity index (χ3n) is 3.87. The third kappa shape index (κ3) is 5.68. The molecule has 0 aliphatic rings. The molecule has 1 aromatic heterocycles. The highest BCUT2D eigenvalue weighted by molar-refractivity contribution is 5.80. The van der Waals surface area contributed by atoms with Crippen LogP contribution in [0.2, 0.25) is 0 Å². The van der Waals surface area contributed by atoms with E-state index in [-0.39, 0.29) is 6.04 Å². The number of imidazole rings is 1. The van der Waals surface area contributed by atoms with E-state index in [1.165, 1.54) is 0 Å². The average Bonchev–Trinajstić information content (AvgIpc) is 3.16. The Bertz CT molecular complexity index is 685. The summed E-state index contributed by atoms with van der Waals surface area (Å²) in [6.45, 7) is 8.82. The highest BCUT2D eigenvalue weighted by Gasteiger charge is 2.12. The van der Waals surface area contributed by atoms with Crippen molar-refractivity contribution in [1.29, 1.82) is 0 Å².